The molecule has 1 aliphatic carbocycles. The van der Waals surface area contributed by atoms with Crippen LogP contribution in [0, 0.1) is 0 Å². The Labute approximate surface area is 135 Å². The van der Waals surface area contributed by atoms with Crippen LogP contribution < -0.4 is 10.6 Å². The molecule has 23 heavy (non-hydrogen) atoms. The van der Waals surface area contributed by atoms with E-state index in [2.05, 4.69) is 41.0 Å². The molecule has 0 radical (unpaired) electrons. The summed E-state index contributed by atoms with van der Waals surface area (Å²) in [6.07, 6.45) is 1.95. The third kappa shape index (κ3) is 2.66. The second kappa shape index (κ2) is 5.43. The summed E-state index contributed by atoms with van der Waals surface area (Å²) in [5.74, 6) is 0. The molecule has 3 heteroatoms. The van der Waals surface area contributed by atoms with E-state index in [-0.39, 0.29) is 11.6 Å². The smallest absolute Gasteiger partial charge is 0.319 e. The van der Waals surface area contributed by atoms with Crippen LogP contribution in [0.3, 0.4) is 0 Å². The average Bonchev–Trinajstić information content (AvgIpc) is 3.35. The maximum absolute atomic E-state index is 12.4. The van der Waals surface area contributed by atoms with Crippen LogP contribution in [-0.2, 0) is 5.54 Å². The fraction of sp³-hybridized carbons (Fsp3) is 0.150. The summed E-state index contributed by atoms with van der Waals surface area (Å²) in [5, 5.41) is 8.51. The van der Waals surface area contributed by atoms with Gasteiger partial charge < -0.3 is 10.6 Å². The van der Waals surface area contributed by atoms with E-state index in [0.717, 1.165) is 18.5 Å². The molecule has 3 aromatic rings. The fourth-order valence-corrected chi connectivity index (χ4v) is 3.13. The van der Waals surface area contributed by atoms with Gasteiger partial charge in [0, 0.05) is 5.69 Å². The predicted molar refractivity (Wildman–Crippen MR) is 93.5 cm³/mol. The van der Waals surface area contributed by atoms with Crippen molar-refractivity contribution in [1.82, 2.24) is 5.32 Å². The van der Waals surface area contributed by atoms with Crippen LogP contribution in [0.5, 0.6) is 0 Å². The number of urea groups is 1. The van der Waals surface area contributed by atoms with E-state index in [1.807, 2.05) is 42.5 Å². The van der Waals surface area contributed by atoms with E-state index < -0.39 is 0 Å². The van der Waals surface area contributed by atoms with Crippen LogP contribution in [0.2, 0.25) is 0 Å². The maximum atomic E-state index is 12.4. The van der Waals surface area contributed by atoms with E-state index in [0.29, 0.717) is 0 Å². The van der Waals surface area contributed by atoms with Gasteiger partial charge >= 0.3 is 6.03 Å². The molecular weight excluding hydrogens is 284 g/mol. The second-order valence-electron chi connectivity index (χ2n) is 6.05. The first-order chi connectivity index (χ1) is 11.3. The van der Waals surface area contributed by atoms with E-state index in [9.17, 15) is 4.79 Å². The van der Waals surface area contributed by atoms with Gasteiger partial charge in [0.05, 0.1) is 5.54 Å². The number of hydrogen-bond donors (Lipinski definition) is 2. The number of benzene rings is 3. The highest BCUT2D eigenvalue weighted by Crippen LogP contribution is 2.47. The van der Waals surface area contributed by atoms with Crippen LogP contribution in [0.1, 0.15) is 18.4 Å². The molecule has 0 saturated heterocycles. The quantitative estimate of drug-likeness (QED) is 0.726. The lowest BCUT2D eigenvalue weighted by molar-refractivity contribution is 0.247. The zero-order chi connectivity index (χ0) is 15.7. The molecule has 0 bridgehead atoms. The zero-order valence-corrected chi connectivity index (χ0v) is 12.8. The molecule has 0 spiro atoms. The number of hydrogen-bond acceptors (Lipinski definition) is 1. The van der Waals surface area contributed by atoms with Gasteiger partial charge in [0.1, 0.15) is 0 Å². The van der Waals surface area contributed by atoms with Crippen LogP contribution in [-0.4, -0.2) is 6.03 Å². The van der Waals surface area contributed by atoms with Gasteiger partial charge in [0.25, 0.3) is 0 Å². The molecule has 1 aliphatic rings. The monoisotopic (exact) mass is 302 g/mol. The Kier molecular flexibility index (Phi) is 3.27. The van der Waals surface area contributed by atoms with Gasteiger partial charge in [0.15, 0.2) is 0 Å². The molecule has 2 N–H and O–H groups in total. The lowest BCUT2D eigenvalue weighted by Gasteiger charge is -2.20. The largest absolute Gasteiger partial charge is 0.328 e. The summed E-state index contributed by atoms with van der Waals surface area (Å²) in [6.45, 7) is 0. The standard InChI is InChI=1S/C20H18N2O/c23-19(21-16-9-2-1-3-10-16)22-20(13-14-20)18-12-6-8-15-7-4-5-11-17(15)18/h1-12H,13-14H2,(H2,21,22,23). The van der Waals surface area contributed by atoms with Crippen molar-refractivity contribution in [3.63, 3.8) is 0 Å². The highest BCUT2D eigenvalue weighted by Gasteiger charge is 2.46. The SMILES string of the molecule is O=C(Nc1ccccc1)NC1(c2cccc3ccccc23)CC1. The van der Waals surface area contributed by atoms with Gasteiger partial charge in [-0.2, -0.15) is 0 Å². The molecule has 0 aliphatic heterocycles. The van der Waals surface area contributed by atoms with Crippen molar-refractivity contribution >= 4 is 22.5 Å². The molecule has 0 heterocycles. The second-order valence-corrected chi connectivity index (χ2v) is 6.05. The minimum atomic E-state index is -0.236. The zero-order valence-electron chi connectivity index (χ0n) is 12.8. The predicted octanol–water partition coefficient (Wildman–Crippen LogP) is 4.65. The Balaban J connectivity index is 1.59. The number of carbonyl (C=O) groups is 1. The summed E-state index contributed by atoms with van der Waals surface area (Å²) in [7, 11) is 0. The third-order valence-electron chi connectivity index (χ3n) is 4.44. The van der Waals surface area contributed by atoms with Crippen molar-refractivity contribution in [1.29, 1.82) is 0 Å². The van der Waals surface area contributed by atoms with Crippen LogP contribution in [0.4, 0.5) is 10.5 Å². The number of carbonyl (C=O) groups excluding carboxylic acids is 1. The average molecular weight is 302 g/mol. The van der Waals surface area contributed by atoms with Gasteiger partial charge in [0.2, 0.25) is 0 Å². The number of amides is 2. The Morgan fingerprint density at radius 2 is 1.52 bits per heavy atom. The van der Waals surface area contributed by atoms with Crippen molar-refractivity contribution in [2.45, 2.75) is 18.4 Å². The summed E-state index contributed by atoms with van der Waals surface area (Å²) in [4.78, 5) is 12.4. The Morgan fingerprint density at radius 3 is 2.30 bits per heavy atom. The summed E-state index contributed by atoms with van der Waals surface area (Å²) in [5.41, 5.74) is 1.78. The molecular formula is C20H18N2O. The van der Waals surface area contributed by atoms with Crippen LogP contribution >= 0.6 is 0 Å². The normalized spacial score (nSPS) is 15.1. The maximum Gasteiger partial charge on any atom is 0.319 e. The molecule has 0 aromatic heterocycles. The molecule has 1 saturated carbocycles. The Bertz CT molecular complexity index is 848. The van der Waals surface area contributed by atoms with Gasteiger partial charge in [-0.15, -0.1) is 0 Å². The number of rotatable bonds is 3. The molecule has 0 atom stereocenters. The molecule has 1 fully saturated rings. The minimum Gasteiger partial charge on any atom is -0.328 e. The molecule has 2 amide bonds. The van der Waals surface area contributed by atoms with Crippen LogP contribution in [0.15, 0.2) is 72.8 Å². The first-order valence-corrected chi connectivity index (χ1v) is 7.89. The van der Waals surface area contributed by atoms with Gasteiger partial charge in [-0.05, 0) is 41.3 Å². The van der Waals surface area contributed by atoms with Crippen LogP contribution in [0.25, 0.3) is 10.8 Å². The fourth-order valence-electron chi connectivity index (χ4n) is 3.13. The van der Waals surface area contributed by atoms with Crippen molar-refractivity contribution < 1.29 is 4.79 Å². The third-order valence-corrected chi connectivity index (χ3v) is 4.44. The summed E-state index contributed by atoms with van der Waals surface area (Å²) >= 11 is 0. The van der Waals surface area contributed by atoms with Gasteiger partial charge in [-0.25, -0.2) is 4.79 Å². The number of para-hydroxylation sites is 1. The molecule has 114 valence electrons. The topological polar surface area (TPSA) is 41.1 Å². The Hall–Kier alpha value is -2.81. The van der Waals surface area contributed by atoms with Crippen molar-refractivity contribution in [3.8, 4) is 0 Å². The van der Waals surface area contributed by atoms with Gasteiger partial charge in [-0.3, -0.25) is 0 Å². The lowest BCUT2D eigenvalue weighted by atomic mass is 9.97. The number of nitrogens with one attached hydrogen (secondary N) is 2. The summed E-state index contributed by atoms with van der Waals surface area (Å²) < 4.78 is 0. The molecule has 3 aromatic carbocycles. The Morgan fingerprint density at radius 1 is 0.826 bits per heavy atom. The van der Waals surface area contributed by atoms with Crippen molar-refractivity contribution in [3.05, 3.63) is 78.4 Å². The van der Waals surface area contributed by atoms with E-state index in [1.54, 1.807) is 0 Å². The first-order valence-electron chi connectivity index (χ1n) is 7.89. The van der Waals surface area contributed by atoms with Gasteiger partial charge in [-0.1, -0.05) is 60.7 Å². The van der Waals surface area contributed by atoms with E-state index in [1.165, 1.54) is 16.3 Å². The highest BCUT2D eigenvalue weighted by atomic mass is 16.2. The summed E-state index contributed by atoms with van der Waals surface area (Å²) in [6, 6.07) is 24.0. The number of anilines is 1. The number of fused-ring (bicyclic) bond motifs is 1. The van der Waals surface area contributed by atoms with Crippen molar-refractivity contribution in [2.75, 3.05) is 5.32 Å². The molecule has 3 nitrogen and oxygen atoms in total. The minimum absolute atomic E-state index is 0.151. The lowest BCUT2D eigenvalue weighted by Crippen LogP contribution is -2.38. The molecule has 4 rings (SSSR count). The first kappa shape index (κ1) is 13.8. The highest BCUT2D eigenvalue weighted by molar-refractivity contribution is 5.92. The molecule has 0 unspecified atom stereocenters. The van der Waals surface area contributed by atoms with E-state index >= 15 is 0 Å². The van der Waals surface area contributed by atoms with E-state index in [4.69, 9.17) is 0 Å². The van der Waals surface area contributed by atoms with Crippen molar-refractivity contribution in [2.24, 2.45) is 0 Å².